The van der Waals surface area contributed by atoms with Gasteiger partial charge in [0.25, 0.3) is 0 Å². The third-order valence-corrected chi connectivity index (χ3v) is 3.45. The van der Waals surface area contributed by atoms with Crippen molar-refractivity contribution in [2.24, 2.45) is 11.8 Å². The highest BCUT2D eigenvalue weighted by atomic mass is 16.5. The number of hydrogen-bond acceptors (Lipinski definition) is 5. The van der Waals surface area contributed by atoms with Gasteiger partial charge in [0.05, 0.1) is 31.6 Å². The van der Waals surface area contributed by atoms with Crippen LogP contribution in [0, 0.1) is 5.92 Å². The third-order valence-electron chi connectivity index (χ3n) is 3.45. The SMILES string of the molecule is CCCOc1cncc(C(NN)C2COC(C)C2)c1. The van der Waals surface area contributed by atoms with Crippen LogP contribution in [0.25, 0.3) is 0 Å². The molecule has 0 aromatic carbocycles. The Hall–Kier alpha value is -1.17. The van der Waals surface area contributed by atoms with E-state index in [2.05, 4.69) is 24.3 Å². The Morgan fingerprint density at radius 1 is 1.58 bits per heavy atom. The lowest BCUT2D eigenvalue weighted by molar-refractivity contribution is 0.117. The molecule has 1 aliphatic rings. The summed E-state index contributed by atoms with van der Waals surface area (Å²) in [4.78, 5) is 4.24. The predicted molar refractivity (Wildman–Crippen MR) is 73.6 cm³/mol. The first-order chi connectivity index (χ1) is 9.24. The van der Waals surface area contributed by atoms with Crippen LogP contribution in [-0.4, -0.2) is 24.3 Å². The van der Waals surface area contributed by atoms with E-state index in [9.17, 15) is 0 Å². The second-order valence-corrected chi connectivity index (χ2v) is 5.09. The highest BCUT2D eigenvalue weighted by Crippen LogP contribution is 2.31. The van der Waals surface area contributed by atoms with Crippen molar-refractivity contribution in [1.29, 1.82) is 0 Å². The molecule has 1 aromatic heterocycles. The summed E-state index contributed by atoms with van der Waals surface area (Å²) in [5.74, 6) is 6.88. The van der Waals surface area contributed by atoms with Crippen molar-refractivity contribution >= 4 is 0 Å². The lowest BCUT2D eigenvalue weighted by Gasteiger charge is -2.22. The molecule has 5 nitrogen and oxygen atoms in total. The number of ether oxygens (including phenoxy) is 2. The summed E-state index contributed by atoms with van der Waals surface area (Å²) in [5, 5.41) is 0. The van der Waals surface area contributed by atoms with Gasteiger partial charge in [-0.1, -0.05) is 6.92 Å². The standard InChI is InChI=1S/C14H23N3O2/c1-3-4-18-13-6-11(7-16-8-13)14(17-15)12-5-10(2)19-9-12/h6-8,10,12,14,17H,3-5,9,15H2,1-2H3. The zero-order valence-corrected chi connectivity index (χ0v) is 11.6. The molecule has 1 aliphatic heterocycles. The smallest absolute Gasteiger partial charge is 0.137 e. The first kappa shape index (κ1) is 14.2. The van der Waals surface area contributed by atoms with Crippen LogP contribution >= 0.6 is 0 Å². The fourth-order valence-corrected chi connectivity index (χ4v) is 2.49. The van der Waals surface area contributed by atoms with E-state index in [1.165, 1.54) is 0 Å². The van der Waals surface area contributed by atoms with Crippen molar-refractivity contribution in [3.63, 3.8) is 0 Å². The summed E-state index contributed by atoms with van der Waals surface area (Å²) in [6, 6.07) is 2.07. The van der Waals surface area contributed by atoms with Crippen LogP contribution in [0.4, 0.5) is 0 Å². The lowest BCUT2D eigenvalue weighted by Crippen LogP contribution is -2.34. The minimum atomic E-state index is 0.0580. The van der Waals surface area contributed by atoms with E-state index in [-0.39, 0.29) is 6.04 Å². The van der Waals surface area contributed by atoms with Gasteiger partial charge >= 0.3 is 0 Å². The zero-order valence-electron chi connectivity index (χ0n) is 11.6. The minimum absolute atomic E-state index is 0.0580. The van der Waals surface area contributed by atoms with E-state index in [1.807, 2.05) is 12.3 Å². The Morgan fingerprint density at radius 2 is 2.42 bits per heavy atom. The number of nitrogens with two attached hydrogens (primary N) is 1. The summed E-state index contributed by atoms with van der Waals surface area (Å²) in [5.41, 5.74) is 3.94. The van der Waals surface area contributed by atoms with E-state index >= 15 is 0 Å². The molecular weight excluding hydrogens is 242 g/mol. The molecule has 0 bridgehead atoms. The molecular formula is C14H23N3O2. The van der Waals surface area contributed by atoms with Crippen LogP contribution in [0.15, 0.2) is 18.5 Å². The Balaban J connectivity index is 2.09. The monoisotopic (exact) mass is 265 g/mol. The van der Waals surface area contributed by atoms with Gasteiger partial charge in [-0.25, -0.2) is 0 Å². The zero-order chi connectivity index (χ0) is 13.7. The fourth-order valence-electron chi connectivity index (χ4n) is 2.49. The number of hydrazine groups is 1. The van der Waals surface area contributed by atoms with Crippen LogP contribution in [0.3, 0.4) is 0 Å². The maximum Gasteiger partial charge on any atom is 0.137 e. The van der Waals surface area contributed by atoms with Crippen molar-refractivity contribution in [2.45, 2.75) is 38.8 Å². The lowest BCUT2D eigenvalue weighted by atomic mass is 9.92. The highest BCUT2D eigenvalue weighted by Gasteiger charge is 2.30. The summed E-state index contributed by atoms with van der Waals surface area (Å²) in [6.07, 6.45) is 5.87. The number of pyridine rings is 1. The minimum Gasteiger partial charge on any atom is -0.492 e. The molecule has 106 valence electrons. The van der Waals surface area contributed by atoms with Gasteiger partial charge in [-0.15, -0.1) is 0 Å². The van der Waals surface area contributed by atoms with Crippen LogP contribution in [-0.2, 0) is 4.74 Å². The number of rotatable bonds is 6. The normalized spacial score (nSPS) is 24.4. The van der Waals surface area contributed by atoms with Crippen molar-refractivity contribution in [1.82, 2.24) is 10.4 Å². The molecule has 1 saturated heterocycles. The molecule has 0 spiro atoms. The molecule has 3 N–H and O–H groups in total. The molecule has 0 aliphatic carbocycles. The van der Waals surface area contributed by atoms with Crippen LogP contribution in [0.2, 0.25) is 0 Å². The maximum absolute atomic E-state index is 5.71. The van der Waals surface area contributed by atoms with Crippen LogP contribution in [0.1, 0.15) is 38.3 Å². The maximum atomic E-state index is 5.71. The first-order valence-corrected chi connectivity index (χ1v) is 6.90. The van der Waals surface area contributed by atoms with Gasteiger partial charge in [0.15, 0.2) is 0 Å². The van der Waals surface area contributed by atoms with Gasteiger partial charge in [0.2, 0.25) is 0 Å². The average molecular weight is 265 g/mol. The molecule has 2 heterocycles. The van der Waals surface area contributed by atoms with Gasteiger partial charge in [0, 0.05) is 12.1 Å². The third kappa shape index (κ3) is 3.65. The van der Waals surface area contributed by atoms with E-state index in [1.54, 1.807) is 6.20 Å². The Kier molecular flexibility index (Phi) is 5.13. The number of hydrogen-bond donors (Lipinski definition) is 2. The fraction of sp³-hybridized carbons (Fsp3) is 0.643. The molecule has 1 fully saturated rings. The van der Waals surface area contributed by atoms with E-state index in [0.29, 0.717) is 18.6 Å². The van der Waals surface area contributed by atoms with Gasteiger partial charge < -0.3 is 9.47 Å². The van der Waals surface area contributed by atoms with E-state index in [4.69, 9.17) is 15.3 Å². The van der Waals surface area contributed by atoms with Gasteiger partial charge in [-0.2, -0.15) is 0 Å². The van der Waals surface area contributed by atoms with Crippen molar-refractivity contribution in [3.8, 4) is 5.75 Å². The predicted octanol–water partition coefficient (Wildman–Crippen LogP) is 1.80. The molecule has 1 aromatic rings. The quantitative estimate of drug-likeness (QED) is 0.606. The van der Waals surface area contributed by atoms with Crippen LogP contribution < -0.4 is 16.0 Å². The average Bonchev–Trinajstić information content (AvgIpc) is 2.84. The van der Waals surface area contributed by atoms with Crippen LogP contribution in [0.5, 0.6) is 5.75 Å². The molecule has 0 amide bonds. The van der Waals surface area contributed by atoms with Crippen molar-refractivity contribution in [2.75, 3.05) is 13.2 Å². The molecule has 5 heteroatoms. The van der Waals surface area contributed by atoms with Crippen molar-refractivity contribution < 1.29 is 9.47 Å². The molecule has 0 saturated carbocycles. The van der Waals surface area contributed by atoms with Gasteiger partial charge in [-0.3, -0.25) is 16.3 Å². The summed E-state index contributed by atoms with van der Waals surface area (Å²) < 4.78 is 11.2. The Morgan fingerprint density at radius 3 is 3.05 bits per heavy atom. The topological polar surface area (TPSA) is 69.4 Å². The molecule has 0 radical (unpaired) electrons. The second-order valence-electron chi connectivity index (χ2n) is 5.09. The Labute approximate surface area is 114 Å². The van der Waals surface area contributed by atoms with E-state index < -0.39 is 0 Å². The largest absolute Gasteiger partial charge is 0.492 e. The molecule has 19 heavy (non-hydrogen) atoms. The highest BCUT2D eigenvalue weighted by molar-refractivity contribution is 5.26. The molecule has 2 rings (SSSR count). The molecule has 3 unspecified atom stereocenters. The summed E-state index contributed by atoms with van der Waals surface area (Å²) >= 11 is 0. The van der Waals surface area contributed by atoms with Crippen molar-refractivity contribution in [3.05, 3.63) is 24.0 Å². The molecule has 3 atom stereocenters. The second kappa shape index (κ2) is 6.84. The summed E-state index contributed by atoms with van der Waals surface area (Å²) in [7, 11) is 0. The van der Waals surface area contributed by atoms with E-state index in [0.717, 1.165) is 30.8 Å². The first-order valence-electron chi connectivity index (χ1n) is 6.90. The number of nitrogens with zero attached hydrogens (tertiary/aromatic N) is 1. The van der Waals surface area contributed by atoms with Gasteiger partial charge in [0.1, 0.15) is 5.75 Å². The summed E-state index contributed by atoms with van der Waals surface area (Å²) in [6.45, 7) is 5.61. The number of aromatic nitrogens is 1. The van der Waals surface area contributed by atoms with Gasteiger partial charge in [-0.05, 0) is 31.4 Å². The Bertz CT molecular complexity index is 400. The number of nitrogens with one attached hydrogen (secondary N) is 1.